The third kappa shape index (κ3) is 2.51. The fourth-order valence-electron chi connectivity index (χ4n) is 0.997. The van der Waals surface area contributed by atoms with E-state index in [-0.39, 0.29) is 11.8 Å². The van der Waals surface area contributed by atoms with Crippen molar-refractivity contribution in [3.63, 3.8) is 0 Å². The van der Waals surface area contributed by atoms with E-state index in [1.807, 2.05) is 6.07 Å². The monoisotopic (exact) mass is 167 g/mol. The second-order valence-electron chi connectivity index (χ2n) is 2.91. The van der Waals surface area contributed by atoms with Gasteiger partial charge in [0.25, 0.3) is 0 Å². The largest absolute Gasteiger partial charge is 0.356 e. The van der Waals surface area contributed by atoms with E-state index in [0.29, 0.717) is 13.0 Å². The first-order valence-electron chi connectivity index (χ1n) is 4.20. The SMILES string of the molecule is N#CCCCNC(=O)C1CNC1. The first-order valence-corrected chi connectivity index (χ1v) is 4.20. The van der Waals surface area contributed by atoms with Crippen molar-refractivity contribution in [2.24, 2.45) is 5.92 Å². The molecule has 0 aromatic carbocycles. The lowest BCUT2D eigenvalue weighted by atomic mass is 10.0. The molecule has 1 aliphatic rings. The predicted molar refractivity (Wildman–Crippen MR) is 44.2 cm³/mol. The molecule has 1 rings (SSSR count). The second-order valence-corrected chi connectivity index (χ2v) is 2.91. The summed E-state index contributed by atoms with van der Waals surface area (Å²) in [5.74, 6) is 0.277. The summed E-state index contributed by atoms with van der Waals surface area (Å²) in [4.78, 5) is 11.2. The Morgan fingerprint density at radius 2 is 2.42 bits per heavy atom. The van der Waals surface area contributed by atoms with Gasteiger partial charge in [-0.05, 0) is 6.42 Å². The van der Waals surface area contributed by atoms with Gasteiger partial charge in [0.15, 0.2) is 0 Å². The molecule has 0 aromatic rings. The van der Waals surface area contributed by atoms with Crippen LogP contribution in [0.5, 0.6) is 0 Å². The molecule has 0 spiro atoms. The molecular weight excluding hydrogens is 154 g/mol. The zero-order chi connectivity index (χ0) is 8.81. The lowest BCUT2D eigenvalue weighted by molar-refractivity contribution is -0.126. The Morgan fingerprint density at radius 3 is 2.92 bits per heavy atom. The molecule has 1 saturated heterocycles. The van der Waals surface area contributed by atoms with E-state index in [0.717, 1.165) is 19.5 Å². The lowest BCUT2D eigenvalue weighted by Crippen LogP contribution is -2.50. The maximum absolute atomic E-state index is 11.2. The topological polar surface area (TPSA) is 64.9 Å². The smallest absolute Gasteiger partial charge is 0.225 e. The van der Waals surface area contributed by atoms with Crippen LogP contribution in [0.4, 0.5) is 0 Å². The van der Waals surface area contributed by atoms with Crippen LogP contribution in [0.3, 0.4) is 0 Å². The summed E-state index contributed by atoms with van der Waals surface area (Å²) >= 11 is 0. The Bertz CT molecular complexity index is 193. The standard InChI is InChI=1S/C8H13N3O/c9-3-1-2-4-11-8(12)7-5-10-6-7/h7,10H,1-2,4-6H2,(H,11,12). The molecule has 0 saturated carbocycles. The number of rotatable bonds is 4. The highest BCUT2D eigenvalue weighted by molar-refractivity contribution is 5.79. The molecule has 4 nitrogen and oxygen atoms in total. The van der Waals surface area contributed by atoms with Gasteiger partial charge in [0.05, 0.1) is 12.0 Å². The molecule has 0 radical (unpaired) electrons. The average molecular weight is 167 g/mol. The summed E-state index contributed by atoms with van der Waals surface area (Å²) < 4.78 is 0. The van der Waals surface area contributed by atoms with Crippen LogP contribution >= 0.6 is 0 Å². The molecule has 66 valence electrons. The van der Waals surface area contributed by atoms with Gasteiger partial charge in [-0.3, -0.25) is 4.79 Å². The average Bonchev–Trinajstić information content (AvgIpc) is 1.95. The molecule has 0 aliphatic carbocycles. The molecule has 0 bridgehead atoms. The number of amides is 1. The molecule has 2 N–H and O–H groups in total. The van der Waals surface area contributed by atoms with Crippen molar-refractivity contribution in [3.05, 3.63) is 0 Å². The van der Waals surface area contributed by atoms with Gasteiger partial charge in [-0.25, -0.2) is 0 Å². The van der Waals surface area contributed by atoms with E-state index in [9.17, 15) is 4.79 Å². The quantitative estimate of drug-likeness (QED) is 0.561. The van der Waals surface area contributed by atoms with E-state index in [2.05, 4.69) is 10.6 Å². The minimum Gasteiger partial charge on any atom is -0.356 e. The summed E-state index contributed by atoms with van der Waals surface area (Å²) in [6.45, 7) is 2.22. The van der Waals surface area contributed by atoms with Crippen LogP contribution < -0.4 is 10.6 Å². The zero-order valence-electron chi connectivity index (χ0n) is 6.97. The Labute approximate surface area is 71.9 Å². The summed E-state index contributed by atoms with van der Waals surface area (Å²) in [7, 11) is 0. The van der Waals surface area contributed by atoms with E-state index < -0.39 is 0 Å². The van der Waals surface area contributed by atoms with Crippen LogP contribution in [0, 0.1) is 17.2 Å². The third-order valence-electron chi connectivity index (χ3n) is 1.92. The number of hydrogen-bond acceptors (Lipinski definition) is 3. The molecule has 1 aliphatic heterocycles. The van der Waals surface area contributed by atoms with Crippen molar-refractivity contribution in [2.75, 3.05) is 19.6 Å². The van der Waals surface area contributed by atoms with Gasteiger partial charge in [0.2, 0.25) is 5.91 Å². The first-order chi connectivity index (χ1) is 5.84. The third-order valence-corrected chi connectivity index (χ3v) is 1.92. The highest BCUT2D eigenvalue weighted by Crippen LogP contribution is 2.01. The molecular formula is C8H13N3O. The summed E-state index contributed by atoms with van der Waals surface area (Å²) in [5, 5.41) is 14.0. The number of carbonyl (C=O) groups excluding carboxylic acids is 1. The number of hydrogen-bond donors (Lipinski definition) is 2. The Kier molecular flexibility index (Phi) is 3.55. The molecule has 0 aromatic heterocycles. The summed E-state index contributed by atoms with van der Waals surface area (Å²) in [6.07, 6.45) is 1.27. The van der Waals surface area contributed by atoms with Crippen LogP contribution in [-0.2, 0) is 4.79 Å². The fourth-order valence-corrected chi connectivity index (χ4v) is 0.997. The predicted octanol–water partition coefficient (Wildman–Crippen LogP) is -0.374. The van der Waals surface area contributed by atoms with Crippen molar-refractivity contribution in [3.8, 4) is 6.07 Å². The van der Waals surface area contributed by atoms with Crippen molar-refractivity contribution in [2.45, 2.75) is 12.8 Å². The molecule has 1 heterocycles. The van der Waals surface area contributed by atoms with E-state index in [1.54, 1.807) is 0 Å². The maximum atomic E-state index is 11.2. The van der Waals surface area contributed by atoms with Gasteiger partial charge in [-0.1, -0.05) is 0 Å². The van der Waals surface area contributed by atoms with Crippen LogP contribution in [-0.4, -0.2) is 25.5 Å². The highest BCUT2D eigenvalue weighted by Gasteiger charge is 2.23. The Balaban J connectivity index is 1.99. The van der Waals surface area contributed by atoms with Gasteiger partial charge in [0, 0.05) is 26.1 Å². The van der Waals surface area contributed by atoms with Crippen LogP contribution in [0.2, 0.25) is 0 Å². The van der Waals surface area contributed by atoms with Crippen LogP contribution in [0.25, 0.3) is 0 Å². The van der Waals surface area contributed by atoms with Crippen molar-refractivity contribution in [1.29, 1.82) is 5.26 Å². The molecule has 12 heavy (non-hydrogen) atoms. The summed E-state index contributed by atoms with van der Waals surface area (Å²) in [5.41, 5.74) is 0. The van der Waals surface area contributed by atoms with Gasteiger partial charge in [-0.15, -0.1) is 0 Å². The molecule has 1 amide bonds. The first kappa shape index (κ1) is 9.01. The van der Waals surface area contributed by atoms with Gasteiger partial charge in [-0.2, -0.15) is 5.26 Å². The Morgan fingerprint density at radius 1 is 1.67 bits per heavy atom. The van der Waals surface area contributed by atoms with Gasteiger partial charge >= 0.3 is 0 Å². The van der Waals surface area contributed by atoms with Gasteiger partial charge < -0.3 is 10.6 Å². The van der Waals surface area contributed by atoms with Crippen molar-refractivity contribution in [1.82, 2.24) is 10.6 Å². The normalized spacial score (nSPS) is 16.2. The highest BCUT2D eigenvalue weighted by atomic mass is 16.2. The number of nitriles is 1. The van der Waals surface area contributed by atoms with E-state index in [4.69, 9.17) is 5.26 Å². The van der Waals surface area contributed by atoms with Crippen molar-refractivity contribution >= 4 is 5.91 Å². The molecule has 0 unspecified atom stereocenters. The van der Waals surface area contributed by atoms with Crippen LogP contribution in [0.15, 0.2) is 0 Å². The van der Waals surface area contributed by atoms with Crippen LogP contribution in [0.1, 0.15) is 12.8 Å². The fraction of sp³-hybridized carbons (Fsp3) is 0.750. The molecule has 4 heteroatoms. The minimum atomic E-state index is 0.117. The number of carbonyl (C=O) groups is 1. The lowest BCUT2D eigenvalue weighted by Gasteiger charge is -2.25. The maximum Gasteiger partial charge on any atom is 0.225 e. The van der Waals surface area contributed by atoms with E-state index in [1.165, 1.54) is 0 Å². The summed E-state index contributed by atoms with van der Waals surface area (Å²) in [6, 6.07) is 2.03. The molecule has 0 atom stereocenters. The number of nitrogens with one attached hydrogen (secondary N) is 2. The zero-order valence-corrected chi connectivity index (χ0v) is 6.97. The van der Waals surface area contributed by atoms with Crippen molar-refractivity contribution < 1.29 is 4.79 Å². The Hall–Kier alpha value is -1.08. The minimum absolute atomic E-state index is 0.117. The second kappa shape index (κ2) is 4.73. The van der Waals surface area contributed by atoms with E-state index >= 15 is 0 Å². The van der Waals surface area contributed by atoms with Gasteiger partial charge in [0.1, 0.15) is 0 Å². The number of nitrogens with zero attached hydrogens (tertiary/aromatic N) is 1. The molecule has 1 fully saturated rings. The number of unbranched alkanes of at least 4 members (excludes halogenated alkanes) is 1.